The summed E-state index contributed by atoms with van der Waals surface area (Å²) >= 11 is 3.32. The first-order chi connectivity index (χ1) is 66.6. The monoisotopic (exact) mass is 1900 g/mol. The van der Waals surface area contributed by atoms with Crippen molar-refractivity contribution < 1.29 is 48.0 Å². The van der Waals surface area contributed by atoms with Crippen molar-refractivity contribution >= 4 is 80.4 Å². The number of piperazine rings is 4. The highest BCUT2D eigenvalue weighted by atomic mass is 79.9. The molecule has 136 heavy (non-hydrogen) atoms. The van der Waals surface area contributed by atoms with Crippen LogP contribution in [0.4, 0.5) is 23.3 Å². The largest absolute Gasteiger partial charge is 0.509 e. The van der Waals surface area contributed by atoms with Crippen LogP contribution in [0.15, 0.2) is 177 Å². The predicted molar refractivity (Wildman–Crippen MR) is 503 cm³/mol. The van der Waals surface area contributed by atoms with E-state index in [9.17, 15) is 15.3 Å². The van der Waals surface area contributed by atoms with E-state index in [-0.39, 0.29) is 5.59 Å². The number of aromatic nitrogens is 20. The van der Waals surface area contributed by atoms with Gasteiger partial charge in [-0.1, -0.05) is 12.2 Å². The van der Waals surface area contributed by atoms with Gasteiger partial charge in [0.25, 0.3) is 0 Å². The molecule has 8 unspecified atom stereocenters. The van der Waals surface area contributed by atoms with Gasteiger partial charge >= 0.3 is 7.12 Å². The van der Waals surface area contributed by atoms with Gasteiger partial charge in [0, 0.05) is 180 Å². The summed E-state index contributed by atoms with van der Waals surface area (Å²) < 4.78 is 40.5. The molecule has 8 bridgehead atoms. The van der Waals surface area contributed by atoms with Crippen LogP contribution in [0.2, 0.25) is 0 Å². The number of piperidine rings is 4. The summed E-state index contributed by atoms with van der Waals surface area (Å²) in [6.45, 7) is 13.3. The smallest absolute Gasteiger partial charge is 0.480 e. The van der Waals surface area contributed by atoms with Gasteiger partial charge in [-0.05, 0) is 113 Å². The fraction of sp³-hybridized carbons (Fsp3) is 0.372. The number of halogens is 1. The lowest BCUT2D eigenvalue weighted by atomic mass is 9.86. The van der Waals surface area contributed by atoms with Crippen molar-refractivity contribution in [2.24, 2.45) is 0 Å². The number of pyridine rings is 4. The van der Waals surface area contributed by atoms with E-state index in [1.54, 1.807) is 103 Å². The fourth-order valence-corrected chi connectivity index (χ4v) is 19.4. The Labute approximate surface area is 791 Å². The summed E-state index contributed by atoms with van der Waals surface area (Å²) in [5.41, 5.74) is 15.5. The number of aldehydes is 1. The lowest BCUT2D eigenvalue weighted by Crippen LogP contribution is -2.68. The Hall–Kier alpha value is -14.2. The normalized spacial score (nSPS) is 20.7. The number of methoxy groups -OCH3 is 5. The summed E-state index contributed by atoms with van der Waals surface area (Å²) in [6.07, 6.45) is 45.6. The van der Waals surface area contributed by atoms with E-state index < -0.39 is 7.12 Å². The molecule has 13 aromatic heterocycles. The summed E-state index contributed by atoms with van der Waals surface area (Å²) in [4.78, 5) is 98.3. The third kappa shape index (κ3) is 20.1. The van der Waals surface area contributed by atoms with E-state index in [2.05, 4.69) is 196 Å². The molecule has 694 valence electrons. The molecule has 27 rings (SSSR count). The van der Waals surface area contributed by atoms with Gasteiger partial charge in [0.15, 0.2) is 6.29 Å². The number of fused-ring (bicyclic) bond motifs is 10. The number of carbonyl (C=O) groups excluding carboxylic acids is 1. The highest BCUT2D eigenvalue weighted by molar-refractivity contribution is 9.10. The fourth-order valence-electron chi connectivity index (χ4n) is 19.2. The van der Waals surface area contributed by atoms with E-state index in [4.69, 9.17) is 53.2 Å². The minimum absolute atomic E-state index is 0.158. The summed E-state index contributed by atoms with van der Waals surface area (Å²) in [5.74, 6) is 6.23. The Bertz CT molecular complexity index is 6200. The summed E-state index contributed by atoms with van der Waals surface area (Å²) in [5, 5.41) is 46.6. The Morgan fingerprint density at radius 2 is 0.757 bits per heavy atom. The zero-order chi connectivity index (χ0) is 93.3. The SMILES string of the molecule is COc1cnc(C=O)cn1.COc1cnc(CN2C3CC2CN(c2ccc(-c4cc(C5=CCOCC5)cn5ncc(C#N)c45)cn2)C3)cn1.COc1cnc(CN2C3CC2CN(c2ccc(-c4cc(C5=CCOCC5)cn5ncc(C#N)c45)cn2)C3)cn1.COc1cnc(CN2C3CC2CN(c2cnc(B(O)O)cn2)C3)cn1.COc1cnc(CN2C3CC2CN(c2cnc(Br)cn2)C3)cn1. The molecule has 12 fully saturated rings. The summed E-state index contributed by atoms with van der Waals surface area (Å²) in [7, 11) is 6.28. The molecule has 0 radical (unpaired) electrons. The third-order valence-electron chi connectivity index (χ3n) is 26.4. The Morgan fingerprint density at radius 3 is 1.04 bits per heavy atom. The van der Waals surface area contributed by atoms with Crippen molar-refractivity contribution in [3.63, 3.8) is 0 Å². The molecule has 0 spiro atoms. The quantitative estimate of drug-likeness (QED) is 0.0486. The van der Waals surface area contributed by atoms with Crippen LogP contribution in [0.3, 0.4) is 0 Å². The maximum absolute atomic E-state index is 10.1. The molecule has 8 atom stereocenters. The molecular formula is C94H98BBrN30O10. The molecule has 14 aliphatic heterocycles. The first-order valence-corrected chi connectivity index (χ1v) is 45.6. The van der Waals surface area contributed by atoms with Crippen LogP contribution in [0.1, 0.15) is 94.0 Å². The average molecular weight is 1900 g/mol. The maximum Gasteiger partial charge on any atom is 0.509 e. The van der Waals surface area contributed by atoms with Crippen molar-refractivity contribution in [1.82, 2.24) is 119 Å². The van der Waals surface area contributed by atoms with Gasteiger partial charge in [0.2, 0.25) is 29.4 Å². The van der Waals surface area contributed by atoms with Crippen molar-refractivity contribution in [2.75, 3.05) is 134 Å². The Morgan fingerprint density at radius 1 is 0.404 bits per heavy atom. The van der Waals surface area contributed by atoms with E-state index in [1.807, 2.05) is 40.0 Å². The molecule has 27 heterocycles. The molecular weight excluding hydrogens is 1800 g/mol. The number of anilines is 4. The number of nitrogens with zero attached hydrogens (tertiary/aromatic N) is 30. The van der Waals surface area contributed by atoms with Gasteiger partial charge in [-0.2, -0.15) is 20.7 Å². The number of ether oxygens (including phenoxy) is 7. The van der Waals surface area contributed by atoms with Gasteiger partial charge in [-0.25, -0.2) is 63.9 Å². The first kappa shape index (κ1) is 90.9. The van der Waals surface area contributed by atoms with Gasteiger partial charge in [0.1, 0.15) is 45.7 Å². The van der Waals surface area contributed by atoms with Crippen LogP contribution in [0, 0.1) is 22.7 Å². The Kier molecular flexibility index (Phi) is 27.6. The van der Waals surface area contributed by atoms with Crippen LogP contribution in [0.25, 0.3) is 44.4 Å². The van der Waals surface area contributed by atoms with Crippen LogP contribution in [0.5, 0.6) is 29.4 Å². The predicted octanol–water partition coefficient (Wildman–Crippen LogP) is 6.88. The van der Waals surface area contributed by atoms with Gasteiger partial charge in [-0.15, -0.1) is 0 Å². The topological polar surface area (TPSA) is 436 Å². The molecule has 40 nitrogen and oxygen atoms in total. The second kappa shape index (κ2) is 41.3. The van der Waals surface area contributed by atoms with Gasteiger partial charge in [0.05, 0.1) is 205 Å². The van der Waals surface area contributed by atoms with Crippen molar-refractivity contribution in [3.8, 4) is 63.8 Å². The highest BCUT2D eigenvalue weighted by Gasteiger charge is 2.49. The van der Waals surface area contributed by atoms with E-state index in [1.165, 1.54) is 62.5 Å². The van der Waals surface area contributed by atoms with Gasteiger partial charge < -0.3 is 62.8 Å². The van der Waals surface area contributed by atoms with E-state index in [0.29, 0.717) is 127 Å². The van der Waals surface area contributed by atoms with Crippen molar-refractivity contribution in [3.05, 3.63) is 228 Å². The van der Waals surface area contributed by atoms with Crippen molar-refractivity contribution in [1.29, 1.82) is 10.5 Å². The van der Waals surface area contributed by atoms with Gasteiger partial charge in [-0.3, -0.25) is 49.3 Å². The molecule has 0 aromatic carbocycles. The summed E-state index contributed by atoms with van der Waals surface area (Å²) in [6, 6.07) is 21.2. The highest BCUT2D eigenvalue weighted by Crippen LogP contribution is 2.42. The standard InChI is InChI=1S/2C29H28N8O2.C15H19BN6O3.C15H17BrN6O.C6H6N2O2/c2*1-38-28-14-31-23(13-33-28)16-36-24-9-25(36)18-35(17-24)27-3-2-20(11-32-27)26-8-21(19-4-6-39-7-5-19)15-37-29(26)22(10-30)12-34-37;1-25-15-6-17-10(3-20-15)7-22-11-2-12(22)9-21(8-11)14-5-18-13(4-19-14)16(23)24;1-23-15-6-17-10(3-20-15)7-22-11-2-12(22)9-21(8-11)14-5-18-13(16)4-19-14;1-10-6-3-7-5(4-9)2-8-6/h2*2-4,8,11-15,24-25H,5-7,9,16-18H2,1H3;3-6,11-12,23-24H,2,7-9H2,1H3;3-6,11-12H,2,7-9H2,1H3;2-4H,1H3. The molecule has 13 aromatic rings. The van der Waals surface area contributed by atoms with Crippen LogP contribution in [-0.2, 0) is 35.7 Å². The molecule has 2 N–H and O–H groups in total. The lowest BCUT2D eigenvalue weighted by molar-refractivity contribution is -0.00983. The Balaban J connectivity index is 0.000000115. The second-order valence-corrected chi connectivity index (χ2v) is 35.1. The van der Waals surface area contributed by atoms with Crippen molar-refractivity contribution in [2.45, 2.75) is 113 Å². The zero-order valence-corrected chi connectivity index (χ0v) is 77.0. The van der Waals surface area contributed by atoms with Crippen LogP contribution >= 0.6 is 15.9 Å². The molecule has 0 saturated carbocycles. The van der Waals surface area contributed by atoms with Crippen LogP contribution in [-0.4, -0.2) is 305 Å². The molecule has 14 aliphatic rings. The number of rotatable bonds is 23. The minimum Gasteiger partial charge on any atom is -0.480 e. The number of hydrogen-bond acceptors (Lipinski definition) is 38. The first-order valence-electron chi connectivity index (χ1n) is 44.8. The lowest BCUT2D eigenvalue weighted by Gasteiger charge is -2.56. The number of hydrogen-bond donors (Lipinski definition) is 2. The van der Waals surface area contributed by atoms with E-state index >= 15 is 0 Å². The molecule has 42 heteroatoms. The average Bonchev–Trinajstić information content (AvgIpc) is 1.01. The third-order valence-corrected chi connectivity index (χ3v) is 26.8. The minimum atomic E-state index is -1.59. The molecule has 12 saturated heterocycles. The van der Waals surface area contributed by atoms with Crippen LogP contribution < -0.4 is 48.9 Å². The number of nitriles is 2. The maximum atomic E-state index is 10.1. The molecule has 0 amide bonds. The second-order valence-electron chi connectivity index (χ2n) is 34.3. The zero-order valence-electron chi connectivity index (χ0n) is 75.5. The number of carbonyl (C=O) groups is 1. The molecule has 0 aliphatic carbocycles. The van der Waals surface area contributed by atoms with E-state index in [0.717, 1.165) is 186 Å².